The van der Waals surface area contributed by atoms with Crippen LogP contribution in [-0.2, 0) is 0 Å². The molecule has 1 saturated heterocycles. The summed E-state index contributed by atoms with van der Waals surface area (Å²) in [5.74, 6) is 7.26. The molecule has 1 fully saturated rings. The summed E-state index contributed by atoms with van der Waals surface area (Å²) in [4.78, 5) is 15.2. The molecule has 1 aliphatic heterocycles. The zero-order valence-electron chi connectivity index (χ0n) is 10.9. The van der Waals surface area contributed by atoms with E-state index in [2.05, 4.69) is 25.3 Å². The number of aliphatic hydroxyl groups excluding tert-OH is 1. The molecule has 0 bridgehead atoms. The van der Waals surface area contributed by atoms with E-state index in [1.165, 1.54) is 31.0 Å². The number of nitrogen functional groups attached to an aromatic ring is 1. The summed E-state index contributed by atoms with van der Waals surface area (Å²) < 4.78 is 0. The minimum atomic E-state index is 0.180. The Morgan fingerprint density at radius 1 is 1.21 bits per heavy atom. The van der Waals surface area contributed by atoms with Gasteiger partial charge in [-0.25, -0.2) is 5.84 Å². The molecule has 0 aromatic carbocycles. The molecule has 19 heavy (non-hydrogen) atoms. The Hall–Kier alpha value is -1.12. The number of piperidine rings is 1. The van der Waals surface area contributed by atoms with Crippen molar-refractivity contribution in [1.82, 2.24) is 15.0 Å². The van der Waals surface area contributed by atoms with Gasteiger partial charge in [0.1, 0.15) is 0 Å². The highest BCUT2D eigenvalue weighted by Crippen LogP contribution is 2.21. The zero-order valence-corrected chi connectivity index (χ0v) is 11.7. The number of hydrazine groups is 1. The average molecular weight is 284 g/mol. The first-order valence-corrected chi connectivity index (χ1v) is 7.53. The number of anilines is 2. The van der Waals surface area contributed by atoms with E-state index in [0.29, 0.717) is 17.1 Å². The second-order valence-corrected chi connectivity index (χ2v) is 5.42. The molecule has 0 unspecified atom stereocenters. The van der Waals surface area contributed by atoms with Crippen molar-refractivity contribution in [3.05, 3.63) is 0 Å². The quantitative estimate of drug-likeness (QED) is 0.302. The van der Waals surface area contributed by atoms with Gasteiger partial charge in [0.15, 0.2) is 5.16 Å². The number of aliphatic hydroxyl groups is 1. The molecule has 7 nitrogen and oxygen atoms in total. The number of thioether (sulfide) groups is 1. The summed E-state index contributed by atoms with van der Waals surface area (Å²) in [6.45, 7) is 2.14. The number of nitrogens with one attached hydrogen (secondary N) is 1. The lowest BCUT2D eigenvalue weighted by molar-refractivity contribution is 0.296. The van der Waals surface area contributed by atoms with Crippen molar-refractivity contribution >= 4 is 23.7 Å². The van der Waals surface area contributed by atoms with Gasteiger partial charge in [-0.15, -0.1) is 0 Å². The molecule has 106 valence electrons. The van der Waals surface area contributed by atoms with Gasteiger partial charge in [0.25, 0.3) is 0 Å². The lowest BCUT2D eigenvalue weighted by Gasteiger charge is -2.26. The third-order valence-corrected chi connectivity index (χ3v) is 3.84. The number of nitrogens with two attached hydrogens (primary N) is 1. The van der Waals surface area contributed by atoms with Crippen LogP contribution < -0.4 is 16.2 Å². The summed E-state index contributed by atoms with van der Waals surface area (Å²) in [7, 11) is 0. The number of nitrogens with zero attached hydrogens (tertiary/aromatic N) is 4. The normalized spacial score (nSPS) is 15.6. The SMILES string of the molecule is NNc1nc(SCCCO)nc(N2CCCCC2)n1. The topological polar surface area (TPSA) is 100 Å². The summed E-state index contributed by atoms with van der Waals surface area (Å²) in [6.07, 6.45) is 4.33. The Kier molecular flexibility index (Phi) is 5.62. The van der Waals surface area contributed by atoms with Crippen LogP contribution in [0.15, 0.2) is 5.16 Å². The molecule has 1 aromatic rings. The standard InChI is InChI=1S/C11H20N6OS/c12-16-9-13-10(17-5-2-1-3-6-17)15-11(14-9)19-8-4-7-18/h18H,1-8,12H2,(H,13,14,15,16). The lowest BCUT2D eigenvalue weighted by Crippen LogP contribution is -2.31. The van der Waals surface area contributed by atoms with Crippen molar-refractivity contribution in [3.63, 3.8) is 0 Å². The van der Waals surface area contributed by atoms with Gasteiger partial charge in [0.05, 0.1) is 0 Å². The van der Waals surface area contributed by atoms with Crippen molar-refractivity contribution in [1.29, 1.82) is 0 Å². The molecule has 0 aliphatic carbocycles. The number of aromatic nitrogens is 3. The molecule has 0 saturated carbocycles. The molecule has 1 aliphatic rings. The zero-order chi connectivity index (χ0) is 13.5. The van der Waals surface area contributed by atoms with Crippen LogP contribution in [0.5, 0.6) is 0 Å². The van der Waals surface area contributed by atoms with Gasteiger partial charge in [-0.3, -0.25) is 5.43 Å². The van der Waals surface area contributed by atoms with E-state index in [4.69, 9.17) is 10.9 Å². The van der Waals surface area contributed by atoms with Crippen molar-refractivity contribution in [2.75, 3.05) is 35.8 Å². The average Bonchev–Trinajstić information content (AvgIpc) is 2.48. The number of hydrogen-bond acceptors (Lipinski definition) is 8. The maximum Gasteiger partial charge on any atom is 0.242 e. The minimum absolute atomic E-state index is 0.180. The predicted molar refractivity (Wildman–Crippen MR) is 76.1 cm³/mol. The van der Waals surface area contributed by atoms with Crippen molar-refractivity contribution < 1.29 is 5.11 Å². The highest BCUT2D eigenvalue weighted by Gasteiger charge is 2.16. The fourth-order valence-corrected chi connectivity index (χ4v) is 2.69. The maximum atomic E-state index is 8.80. The van der Waals surface area contributed by atoms with Crippen molar-refractivity contribution in [2.24, 2.45) is 5.84 Å². The highest BCUT2D eigenvalue weighted by atomic mass is 32.2. The first-order valence-electron chi connectivity index (χ1n) is 6.55. The van der Waals surface area contributed by atoms with Crippen molar-refractivity contribution in [2.45, 2.75) is 30.8 Å². The Bertz CT molecular complexity index is 399. The Balaban J connectivity index is 2.10. The Labute approximate surface area is 117 Å². The molecular weight excluding hydrogens is 264 g/mol. The van der Waals surface area contributed by atoms with E-state index < -0.39 is 0 Å². The molecule has 0 atom stereocenters. The van der Waals surface area contributed by atoms with Crippen LogP contribution in [0.1, 0.15) is 25.7 Å². The molecule has 0 spiro atoms. The Morgan fingerprint density at radius 3 is 2.68 bits per heavy atom. The largest absolute Gasteiger partial charge is 0.396 e. The first kappa shape index (κ1) is 14.3. The van der Waals surface area contributed by atoms with E-state index in [9.17, 15) is 0 Å². The van der Waals surface area contributed by atoms with E-state index in [0.717, 1.165) is 25.3 Å². The summed E-state index contributed by atoms with van der Waals surface area (Å²) in [6, 6.07) is 0. The maximum absolute atomic E-state index is 8.80. The second kappa shape index (κ2) is 7.46. The highest BCUT2D eigenvalue weighted by molar-refractivity contribution is 7.99. The molecule has 2 rings (SSSR count). The van der Waals surface area contributed by atoms with E-state index in [1.54, 1.807) is 0 Å². The molecular formula is C11H20N6OS. The minimum Gasteiger partial charge on any atom is -0.396 e. The van der Waals surface area contributed by atoms with Gasteiger partial charge in [0.2, 0.25) is 11.9 Å². The second-order valence-electron chi connectivity index (χ2n) is 4.36. The van der Waals surface area contributed by atoms with E-state index in [1.807, 2.05) is 0 Å². The van der Waals surface area contributed by atoms with Crippen LogP contribution in [-0.4, -0.2) is 45.5 Å². The van der Waals surface area contributed by atoms with Crippen LogP contribution in [0.2, 0.25) is 0 Å². The summed E-state index contributed by atoms with van der Waals surface area (Å²) in [5.41, 5.74) is 2.49. The van der Waals surface area contributed by atoms with E-state index in [-0.39, 0.29) is 6.61 Å². The smallest absolute Gasteiger partial charge is 0.242 e. The molecule has 4 N–H and O–H groups in total. The number of rotatable bonds is 6. The van der Waals surface area contributed by atoms with E-state index >= 15 is 0 Å². The third kappa shape index (κ3) is 4.19. The van der Waals surface area contributed by atoms with Crippen LogP contribution in [0.3, 0.4) is 0 Å². The van der Waals surface area contributed by atoms with Crippen LogP contribution in [0.25, 0.3) is 0 Å². The molecule has 0 amide bonds. The van der Waals surface area contributed by atoms with Gasteiger partial charge in [-0.05, 0) is 25.7 Å². The number of hydrogen-bond donors (Lipinski definition) is 3. The van der Waals surface area contributed by atoms with Crippen LogP contribution >= 0.6 is 11.8 Å². The summed E-state index contributed by atoms with van der Waals surface area (Å²) >= 11 is 1.51. The fourth-order valence-electron chi connectivity index (χ4n) is 1.94. The van der Waals surface area contributed by atoms with Gasteiger partial charge in [0, 0.05) is 25.4 Å². The van der Waals surface area contributed by atoms with Crippen molar-refractivity contribution in [3.8, 4) is 0 Å². The van der Waals surface area contributed by atoms with Gasteiger partial charge in [-0.1, -0.05) is 11.8 Å². The van der Waals surface area contributed by atoms with Gasteiger partial charge >= 0.3 is 0 Å². The Morgan fingerprint density at radius 2 is 2.00 bits per heavy atom. The summed E-state index contributed by atoms with van der Waals surface area (Å²) in [5, 5.41) is 9.45. The third-order valence-electron chi connectivity index (χ3n) is 2.90. The predicted octanol–water partition coefficient (Wildman–Crippen LogP) is 0.622. The lowest BCUT2D eigenvalue weighted by atomic mass is 10.1. The van der Waals surface area contributed by atoms with Crippen LogP contribution in [0.4, 0.5) is 11.9 Å². The monoisotopic (exact) mass is 284 g/mol. The van der Waals surface area contributed by atoms with Gasteiger partial charge < -0.3 is 10.0 Å². The molecule has 1 aromatic heterocycles. The fraction of sp³-hybridized carbons (Fsp3) is 0.727. The van der Waals surface area contributed by atoms with Crippen LogP contribution in [0, 0.1) is 0 Å². The van der Waals surface area contributed by atoms with Gasteiger partial charge in [-0.2, -0.15) is 15.0 Å². The first-order chi connectivity index (χ1) is 9.33. The molecule has 2 heterocycles. The molecule has 0 radical (unpaired) electrons. The molecule has 8 heteroatoms.